The highest BCUT2D eigenvalue weighted by atomic mass is 16.3. The predicted molar refractivity (Wildman–Crippen MR) is 60.2 cm³/mol. The van der Waals surface area contributed by atoms with Gasteiger partial charge >= 0.3 is 0 Å². The lowest BCUT2D eigenvalue weighted by Gasteiger charge is -2.47. The monoisotopic (exact) mass is 213 g/mol. The van der Waals surface area contributed by atoms with Crippen LogP contribution in [0, 0.1) is 11.3 Å². The minimum absolute atomic E-state index is 0.0740. The molecule has 3 heteroatoms. The maximum absolute atomic E-state index is 11.9. The molecule has 1 N–H and O–H groups in total. The van der Waals surface area contributed by atoms with Crippen molar-refractivity contribution in [2.45, 2.75) is 53.2 Å². The van der Waals surface area contributed by atoms with Crippen LogP contribution in [0.15, 0.2) is 0 Å². The molecule has 0 aromatic rings. The Hall–Kier alpha value is -0.570. The van der Waals surface area contributed by atoms with Gasteiger partial charge in [0.05, 0.1) is 0 Å². The van der Waals surface area contributed by atoms with E-state index in [0.29, 0.717) is 25.3 Å². The zero-order chi connectivity index (χ0) is 11.9. The Labute approximate surface area is 92.5 Å². The summed E-state index contributed by atoms with van der Waals surface area (Å²) in [5.74, 6) is 0.464. The molecule has 0 radical (unpaired) electrons. The van der Waals surface area contributed by atoms with Crippen LogP contribution in [0.25, 0.3) is 0 Å². The topological polar surface area (TPSA) is 40.5 Å². The summed E-state index contributed by atoms with van der Waals surface area (Å²) in [6.07, 6.45) is 1.19. The Bertz CT molecular complexity index is 256. The first-order valence-corrected chi connectivity index (χ1v) is 5.67. The second-order valence-corrected chi connectivity index (χ2v) is 6.13. The van der Waals surface area contributed by atoms with Gasteiger partial charge in [-0.1, -0.05) is 27.7 Å². The van der Waals surface area contributed by atoms with Crippen molar-refractivity contribution < 1.29 is 9.90 Å². The van der Waals surface area contributed by atoms with Gasteiger partial charge in [-0.2, -0.15) is 0 Å². The maximum Gasteiger partial charge on any atom is 0.225 e. The van der Waals surface area contributed by atoms with Gasteiger partial charge in [0.2, 0.25) is 5.91 Å². The van der Waals surface area contributed by atoms with Crippen molar-refractivity contribution in [2.24, 2.45) is 11.3 Å². The Balaban J connectivity index is 2.84. The fourth-order valence-electron chi connectivity index (χ4n) is 2.50. The molecule has 3 nitrogen and oxygen atoms in total. The molecule has 88 valence electrons. The number of hydrogen-bond donors (Lipinski definition) is 1. The van der Waals surface area contributed by atoms with E-state index in [2.05, 4.69) is 13.8 Å². The standard InChI is InChI=1S/C12H23NO2/c1-9(2)7-13-10(14)6-11(3,4)8-12(13,5)15/h9,15H,6-8H2,1-5H3. The fourth-order valence-corrected chi connectivity index (χ4v) is 2.50. The van der Waals surface area contributed by atoms with Crippen LogP contribution in [0.1, 0.15) is 47.5 Å². The van der Waals surface area contributed by atoms with Crippen LogP contribution in [-0.4, -0.2) is 28.2 Å². The fraction of sp³-hybridized carbons (Fsp3) is 0.917. The van der Waals surface area contributed by atoms with Crippen molar-refractivity contribution in [3.8, 4) is 0 Å². The molecule has 1 amide bonds. The van der Waals surface area contributed by atoms with Crippen LogP contribution in [0.4, 0.5) is 0 Å². The zero-order valence-corrected chi connectivity index (χ0v) is 10.5. The molecule has 0 spiro atoms. The first kappa shape index (κ1) is 12.5. The molecule has 15 heavy (non-hydrogen) atoms. The van der Waals surface area contributed by atoms with Gasteiger partial charge < -0.3 is 10.0 Å². The number of carbonyl (C=O) groups is 1. The summed E-state index contributed by atoms with van der Waals surface area (Å²) < 4.78 is 0. The number of carbonyl (C=O) groups excluding carboxylic acids is 1. The highest BCUT2D eigenvalue weighted by Gasteiger charge is 2.44. The number of amides is 1. The summed E-state index contributed by atoms with van der Waals surface area (Å²) in [6.45, 7) is 10.6. The highest BCUT2D eigenvalue weighted by molar-refractivity contribution is 5.78. The second kappa shape index (κ2) is 3.78. The number of piperidine rings is 1. The summed E-state index contributed by atoms with van der Waals surface area (Å²) in [5, 5.41) is 10.3. The summed E-state index contributed by atoms with van der Waals surface area (Å²) in [4.78, 5) is 13.6. The lowest BCUT2D eigenvalue weighted by Crippen LogP contribution is -2.57. The minimum atomic E-state index is -0.983. The van der Waals surface area contributed by atoms with Gasteiger partial charge in [0, 0.05) is 19.4 Å². The van der Waals surface area contributed by atoms with Crippen LogP contribution in [0.2, 0.25) is 0 Å². The molecule has 0 aromatic heterocycles. The molecule has 1 aliphatic heterocycles. The quantitative estimate of drug-likeness (QED) is 0.762. The van der Waals surface area contributed by atoms with Gasteiger partial charge in [0.15, 0.2) is 0 Å². The molecule has 1 unspecified atom stereocenters. The number of rotatable bonds is 2. The lowest BCUT2D eigenvalue weighted by atomic mass is 9.77. The summed E-state index contributed by atoms with van der Waals surface area (Å²) in [6, 6.07) is 0. The molecule has 1 rings (SSSR count). The van der Waals surface area contributed by atoms with Gasteiger partial charge in [-0.05, 0) is 18.3 Å². The van der Waals surface area contributed by atoms with Crippen molar-refractivity contribution in [3.05, 3.63) is 0 Å². The molecular formula is C12H23NO2. The molecule has 1 saturated heterocycles. The molecule has 0 saturated carbocycles. The van der Waals surface area contributed by atoms with Crippen molar-refractivity contribution in [2.75, 3.05) is 6.54 Å². The molecule has 0 aromatic carbocycles. The molecule has 1 aliphatic rings. The van der Waals surface area contributed by atoms with Crippen molar-refractivity contribution in [1.29, 1.82) is 0 Å². The number of likely N-dealkylation sites (tertiary alicyclic amines) is 1. The Morgan fingerprint density at radius 3 is 2.33 bits per heavy atom. The minimum Gasteiger partial charge on any atom is -0.371 e. The van der Waals surface area contributed by atoms with E-state index in [9.17, 15) is 9.90 Å². The predicted octanol–water partition coefficient (Wildman–Crippen LogP) is 2.00. The molecular weight excluding hydrogens is 190 g/mol. The van der Waals surface area contributed by atoms with E-state index in [4.69, 9.17) is 0 Å². The van der Waals surface area contributed by atoms with Gasteiger partial charge in [0.1, 0.15) is 5.72 Å². The molecule has 1 heterocycles. The van der Waals surface area contributed by atoms with Crippen LogP contribution in [-0.2, 0) is 4.79 Å². The first-order chi connectivity index (χ1) is 6.64. The average Bonchev–Trinajstić information content (AvgIpc) is 1.93. The van der Waals surface area contributed by atoms with Crippen LogP contribution < -0.4 is 0 Å². The third-order valence-corrected chi connectivity index (χ3v) is 2.87. The Kier molecular flexibility index (Phi) is 3.15. The molecule has 1 atom stereocenters. The normalized spacial score (nSPS) is 31.1. The second-order valence-electron chi connectivity index (χ2n) is 6.13. The Morgan fingerprint density at radius 2 is 1.93 bits per heavy atom. The van der Waals surface area contributed by atoms with Crippen molar-refractivity contribution in [1.82, 2.24) is 4.90 Å². The van der Waals surface area contributed by atoms with Gasteiger partial charge in [0.25, 0.3) is 0 Å². The third-order valence-electron chi connectivity index (χ3n) is 2.87. The van der Waals surface area contributed by atoms with E-state index >= 15 is 0 Å². The van der Waals surface area contributed by atoms with Gasteiger partial charge in [-0.25, -0.2) is 0 Å². The van der Waals surface area contributed by atoms with E-state index in [0.717, 1.165) is 0 Å². The first-order valence-electron chi connectivity index (χ1n) is 5.67. The van der Waals surface area contributed by atoms with Gasteiger partial charge in [-0.3, -0.25) is 4.79 Å². The molecule has 0 bridgehead atoms. The summed E-state index contributed by atoms with van der Waals surface area (Å²) in [7, 11) is 0. The van der Waals surface area contributed by atoms with Crippen LogP contribution in [0.5, 0.6) is 0 Å². The van der Waals surface area contributed by atoms with E-state index in [-0.39, 0.29) is 11.3 Å². The van der Waals surface area contributed by atoms with Crippen molar-refractivity contribution in [3.63, 3.8) is 0 Å². The summed E-state index contributed by atoms with van der Waals surface area (Å²) >= 11 is 0. The molecule has 0 aliphatic carbocycles. The third kappa shape index (κ3) is 2.94. The largest absolute Gasteiger partial charge is 0.371 e. The lowest BCUT2D eigenvalue weighted by molar-refractivity contribution is -0.180. The van der Waals surface area contributed by atoms with E-state index < -0.39 is 5.72 Å². The van der Waals surface area contributed by atoms with E-state index in [1.165, 1.54) is 0 Å². The smallest absolute Gasteiger partial charge is 0.225 e. The van der Waals surface area contributed by atoms with Crippen LogP contribution >= 0.6 is 0 Å². The zero-order valence-electron chi connectivity index (χ0n) is 10.5. The number of nitrogens with zero attached hydrogens (tertiary/aromatic N) is 1. The van der Waals surface area contributed by atoms with Gasteiger partial charge in [-0.15, -0.1) is 0 Å². The Morgan fingerprint density at radius 1 is 1.40 bits per heavy atom. The number of hydrogen-bond acceptors (Lipinski definition) is 2. The van der Waals surface area contributed by atoms with Crippen molar-refractivity contribution >= 4 is 5.91 Å². The van der Waals surface area contributed by atoms with E-state index in [1.54, 1.807) is 11.8 Å². The maximum atomic E-state index is 11.9. The SMILES string of the molecule is CC(C)CN1C(=O)CC(C)(C)CC1(C)O. The average molecular weight is 213 g/mol. The van der Waals surface area contributed by atoms with E-state index in [1.807, 2.05) is 13.8 Å². The summed E-state index contributed by atoms with van der Waals surface area (Å²) in [5.41, 5.74) is -1.07. The number of aliphatic hydroxyl groups is 1. The van der Waals surface area contributed by atoms with Crippen LogP contribution in [0.3, 0.4) is 0 Å². The molecule has 1 fully saturated rings. The highest BCUT2D eigenvalue weighted by Crippen LogP contribution is 2.39.